The van der Waals surface area contributed by atoms with Crippen molar-refractivity contribution in [2.75, 3.05) is 27.7 Å². The van der Waals surface area contributed by atoms with Gasteiger partial charge in [0.05, 0.1) is 12.6 Å². The summed E-state index contributed by atoms with van der Waals surface area (Å²) < 4.78 is 6.85. The molecule has 1 saturated carbocycles. The van der Waals surface area contributed by atoms with Crippen molar-refractivity contribution in [3.05, 3.63) is 106 Å². The lowest BCUT2D eigenvalue weighted by molar-refractivity contribution is 0.00379. The molecule has 1 aromatic heterocycles. The first-order valence-corrected chi connectivity index (χ1v) is 13.3. The maximum Gasteiger partial charge on any atom is 0.217 e. The number of rotatable bonds is 9. The first kappa shape index (κ1) is 24.9. The summed E-state index contributed by atoms with van der Waals surface area (Å²) in [6.45, 7) is 0.735. The van der Waals surface area contributed by atoms with Crippen molar-refractivity contribution in [3.8, 4) is 5.88 Å². The number of aromatic nitrogens is 1. The van der Waals surface area contributed by atoms with Crippen molar-refractivity contribution in [1.82, 2.24) is 9.88 Å². The number of methoxy groups -OCH3 is 1. The number of pyridine rings is 1. The van der Waals surface area contributed by atoms with Crippen LogP contribution in [0.1, 0.15) is 53.4 Å². The van der Waals surface area contributed by atoms with Crippen molar-refractivity contribution in [3.63, 3.8) is 0 Å². The van der Waals surface area contributed by atoms with Gasteiger partial charge in [-0.2, -0.15) is 0 Å². The molecule has 0 aliphatic heterocycles. The molecule has 0 saturated heterocycles. The number of hydrogen-bond donors (Lipinski definition) is 1. The maximum atomic E-state index is 12.8. The van der Waals surface area contributed by atoms with E-state index in [1.54, 1.807) is 7.11 Å². The molecule has 2 atom stereocenters. The lowest BCUT2D eigenvalue weighted by atomic mass is 9.71. The van der Waals surface area contributed by atoms with Crippen LogP contribution in [-0.4, -0.2) is 42.7 Å². The van der Waals surface area contributed by atoms with Crippen LogP contribution in [0, 0.1) is 0 Å². The molecule has 1 unspecified atom stereocenters. The second kappa shape index (κ2) is 10.3. The first-order valence-electron chi connectivity index (χ1n) is 12.6. The Balaban J connectivity index is 1.73. The molecule has 0 bridgehead atoms. The normalized spacial score (nSPS) is 16.2. The van der Waals surface area contributed by atoms with Crippen molar-refractivity contribution >= 4 is 26.8 Å². The van der Waals surface area contributed by atoms with E-state index in [2.05, 4.69) is 69.4 Å². The molecule has 36 heavy (non-hydrogen) atoms. The van der Waals surface area contributed by atoms with E-state index in [-0.39, 0.29) is 5.92 Å². The van der Waals surface area contributed by atoms with E-state index < -0.39 is 5.60 Å². The monoisotopic (exact) mass is 544 g/mol. The van der Waals surface area contributed by atoms with Crippen LogP contribution >= 0.6 is 15.9 Å². The molecular formula is C31H33BrN2O2. The third-order valence-electron chi connectivity index (χ3n) is 7.28. The van der Waals surface area contributed by atoms with Crippen LogP contribution in [0.2, 0.25) is 0 Å². The minimum Gasteiger partial charge on any atom is -0.481 e. The summed E-state index contributed by atoms with van der Waals surface area (Å²) in [5.74, 6) is 0.829. The predicted molar refractivity (Wildman–Crippen MR) is 150 cm³/mol. The minimum absolute atomic E-state index is 0.378. The minimum atomic E-state index is -1.18. The Morgan fingerprint density at radius 3 is 2.39 bits per heavy atom. The van der Waals surface area contributed by atoms with E-state index in [1.165, 1.54) is 18.4 Å². The van der Waals surface area contributed by atoms with Crippen LogP contribution in [0.3, 0.4) is 0 Å². The molecule has 0 spiro atoms. The first-order chi connectivity index (χ1) is 17.4. The molecule has 186 valence electrons. The molecular weight excluding hydrogens is 512 g/mol. The fourth-order valence-electron chi connectivity index (χ4n) is 5.18. The van der Waals surface area contributed by atoms with E-state index in [9.17, 15) is 5.11 Å². The molecule has 3 aromatic carbocycles. The molecule has 0 amide bonds. The van der Waals surface area contributed by atoms with Gasteiger partial charge in [0.1, 0.15) is 5.60 Å². The Bertz CT molecular complexity index is 1340. The highest BCUT2D eigenvalue weighted by Crippen LogP contribution is 2.48. The number of benzene rings is 3. The summed E-state index contributed by atoms with van der Waals surface area (Å²) in [5, 5.41) is 13.8. The quantitative estimate of drug-likeness (QED) is 0.250. The fraction of sp³-hybridized carbons (Fsp3) is 0.323. The van der Waals surface area contributed by atoms with Crippen LogP contribution in [0.5, 0.6) is 5.88 Å². The van der Waals surface area contributed by atoms with E-state index in [0.29, 0.717) is 18.2 Å². The Morgan fingerprint density at radius 2 is 1.75 bits per heavy atom. The standard InChI is InChI=1S/C31H33BrN2O2/c1-34(2)18-17-31(35,25-13-11-22(12-14-25)21-9-10-21)29(23-7-5-4-6-8-23)27-20-24-19-26(32)15-16-28(24)33-30(27)36-3/h4-8,11-16,19-21,29,35H,9-10,17-18H2,1-3H3/t29-,31?/m1/s1. The topological polar surface area (TPSA) is 45.6 Å². The van der Waals surface area contributed by atoms with Crippen LogP contribution in [-0.2, 0) is 5.60 Å². The van der Waals surface area contributed by atoms with Gasteiger partial charge in [0.15, 0.2) is 0 Å². The largest absolute Gasteiger partial charge is 0.481 e. The molecule has 1 N–H and O–H groups in total. The predicted octanol–water partition coefficient (Wildman–Crippen LogP) is 6.85. The highest BCUT2D eigenvalue weighted by atomic mass is 79.9. The number of hydrogen-bond acceptors (Lipinski definition) is 4. The lowest BCUT2D eigenvalue weighted by Gasteiger charge is -2.39. The number of halogens is 1. The van der Waals surface area contributed by atoms with Gasteiger partial charge in [-0.1, -0.05) is 70.5 Å². The fourth-order valence-corrected chi connectivity index (χ4v) is 5.56. The number of aliphatic hydroxyl groups is 1. The molecule has 5 heteroatoms. The van der Waals surface area contributed by atoms with Crippen molar-refractivity contribution in [2.24, 2.45) is 0 Å². The molecule has 1 aliphatic carbocycles. The molecule has 5 rings (SSSR count). The maximum absolute atomic E-state index is 12.8. The van der Waals surface area contributed by atoms with E-state index >= 15 is 0 Å². The zero-order valence-electron chi connectivity index (χ0n) is 21.1. The average Bonchev–Trinajstić information content (AvgIpc) is 3.74. The van der Waals surface area contributed by atoms with Gasteiger partial charge < -0.3 is 14.7 Å². The Labute approximate surface area is 222 Å². The van der Waals surface area contributed by atoms with Gasteiger partial charge in [0.2, 0.25) is 5.88 Å². The summed E-state index contributed by atoms with van der Waals surface area (Å²) >= 11 is 3.60. The highest BCUT2D eigenvalue weighted by Gasteiger charge is 2.42. The molecule has 1 fully saturated rings. The summed E-state index contributed by atoms with van der Waals surface area (Å²) in [6, 6.07) is 27.1. The number of ether oxygens (including phenoxy) is 1. The Morgan fingerprint density at radius 1 is 1.03 bits per heavy atom. The summed E-state index contributed by atoms with van der Waals surface area (Å²) in [4.78, 5) is 6.99. The van der Waals surface area contributed by atoms with Gasteiger partial charge in [0, 0.05) is 27.9 Å². The van der Waals surface area contributed by atoms with Crippen LogP contribution in [0.4, 0.5) is 0 Å². The van der Waals surface area contributed by atoms with Gasteiger partial charge >= 0.3 is 0 Å². The molecule has 4 aromatic rings. The van der Waals surface area contributed by atoms with E-state index in [4.69, 9.17) is 9.72 Å². The Kier molecular flexibility index (Phi) is 7.16. The van der Waals surface area contributed by atoms with Crippen LogP contribution in [0.15, 0.2) is 83.3 Å². The van der Waals surface area contributed by atoms with Gasteiger partial charge in [-0.15, -0.1) is 0 Å². The van der Waals surface area contributed by atoms with Crippen LogP contribution in [0.25, 0.3) is 10.9 Å². The lowest BCUT2D eigenvalue weighted by Crippen LogP contribution is -2.37. The van der Waals surface area contributed by atoms with Gasteiger partial charge in [-0.05, 0) is 80.2 Å². The van der Waals surface area contributed by atoms with Gasteiger partial charge in [0.25, 0.3) is 0 Å². The summed E-state index contributed by atoms with van der Waals surface area (Å²) in [5.41, 5.74) is 3.86. The average molecular weight is 546 g/mol. The second-order valence-electron chi connectivity index (χ2n) is 10.1. The smallest absolute Gasteiger partial charge is 0.217 e. The van der Waals surface area contributed by atoms with Gasteiger partial charge in [-0.3, -0.25) is 0 Å². The zero-order chi connectivity index (χ0) is 25.3. The number of fused-ring (bicyclic) bond motifs is 1. The molecule has 0 radical (unpaired) electrons. The van der Waals surface area contributed by atoms with Gasteiger partial charge in [-0.25, -0.2) is 4.98 Å². The SMILES string of the molecule is COc1nc2ccc(Br)cc2cc1[C@@H](c1ccccc1)C(O)(CCN(C)C)c1ccc(C2CC2)cc1. The second-order valence-corrected chi connectivity index (χ2v) is 11.1. The third-order valence-corrected chi connectivity index (χ3v) is 7.78. The van der Waals surface area contributed by atoms with E-state index in [1.807, 2.05) is 44.4 Å². The molecule has 1 aliphatic rings. The summed E-state index contributed by atoms with van der Waals surface area (Å²) in [7, 11) is 5.75. The molecule has 4 nitrogen and oxygen atoms in total. The van der Waals surface area contributed by atoms with E-state index in [0.717, 1.165) is 38.6 Å². The highest BCUT2D eigenvalue weighted by molar-refractivity contribution is 9.10. The number of nitrogens with zero attached hydrogens (tertiary/aromatic N) is 2. The molecule has 1 heterocycles. The van der Waals surface area contributed by atoms with Crippen molar-refractivity contribution < 1.29 is 9.84 Å². The van der Waals surface area contributed by atoms with Crippen molar-refractivity contribution in [1.29, 1.82) is 0 Å². The van der Waals surface area contributed by atoms with Crippen LogP contribution < -0.4 is 4.74 Å². The zero-order valence-corrected chi connectivity index (χ0v) is 22.7. The third kappa shape index (κ3) is 5.06. The summed E-state index contributed by atoms with van der Waals surface area (Å²) in [6.07, 6.45) is 3.07. The van der Waals surface area contributed by atoms with Crippen molar-refractivity contribution in [2.45, 2.75) is 36.7 Å². The Hall–Kier alpha value is -2.73.